The van der Waals surface area contributed by atoms with Crippen LogP contribution >= 0.6 is 0 Å². The van der Waals surface area contributed by atoms with E-state index in [9.17, 15) is 9.59 Å². The van der Waals surface area contributed by atoms with Crippen LogP contribution in [-0.4, -0.2) is 42.0 Å². The molecule has 2 N–H and O–H groups in total. The molecule has 0 bridgehead atoms. The van der Waals surface area contributed by atoms with Gasteiger partial charge in [0.15, 0.2) is 11.6 Å². The van der Waals surface area contributed by atoms with Crippen LogP contribution in [0, 0.1) is 0 Å². The van der Waals surface area contributed by atoms with Crippen molar-refractivity contribution in [1.82, 2.24) is 10.1 Å². The highest BCUT2D eigenvalue weighted by molar-refractivity contribution is 6.40. The second-order valence-corrected chi connectivity index (χ2v) is 4.85. The number of piperazine rings is 1. The Balaban J connectivity index is 1.84. The Bertz CT molecular complexity index is 692. The maximum atomic E-state index is 12.0. The first-order chi connectivity index (χ1) is 10.1. The van der Waals surface area contributed by atoms with Crippen molar-refractivity contribution in [3.8, 4) is 11.3 Å². The molecule has 7 nitrogen and oxygen atoms in total. The van der Waals surface area contributed by atoms with Crippen LogP contribution in [0.25, 0.3) is 11.3 Å². The van der Waals surface area contributed by atoms with Gasteiger partial charge in [0.25, 0.3) is 0 Å². The van der Waals surface area contributed by atoms with Crippen molar-refractivity contribution in [2.24, 2.45) is 0 Å². The van der Waals surface area contributed by atoms with E-state index in [4.69, 9.17) is 10.3 Å². The van der Waals surface area contributed by atoms with Crippen LogP contribution in [0.1, 0.15) is 0 Å². The van der Waals surface area contributed by atoms with Crippen molar-refractivity contribution < 1.29 is 14.1 Å². The minimum absolute atomic E-state index is 0.314. The topological polar surface area (TPSA) is 92.7 Å². The second kappa shape index (κ2) is 4.93. The average Bonchev–Trinajstić information content (AvgIpc) is 2.92. The van der Waals surface area contributed by atoms with Gasteiger partial charge < -0.3 is 20.1 Å². The molecular formula is C14H14N4O3. The van der Waals surface area contributed by atoms with E-state index in [2.05, 4.69) is 5.16 Å². The van der Waals surface area contributed by atoms with Crippen LogP contribution in [0.15, 0.2) is 34.9 Å². The second-order valence-electron chi connectivity index (χ2n) is 4.85. The Kier molecular flexibility index (Phi) is 3.09. The summed E-state index contributed by atoms with van der Waals surface area (Å²) in [6.07, 6.45) is 0. The van der Waals surface area contributed by atoms with Crippen LogP contribution in [0.3, 0.4) is 0 Å². The highest BCUT2D eigenvalue weighted by atomic mass is 16.5. The molecule has 108 valence electrons. The molecule has 2 aromatic rings. The fourth-order valence-corrected chi connectivity index (χ4v) is 2.21. The fraction of sp³-hybridized carbons (Fsp3) is 0.214. The monoisotopic (exact) mass is 286 g/mol. The zero-order chi connectivity index (χ0) is 15.0. The molecule has 0 spiro atoms. The van der Waals surface area contributed by atoms with Crippen LogP contribution < -0.4 is 10.6 Å². The predicted molar refractivity (Wildman–Crippen MR) is 76.3 cm³/mol. The van der Waals surface area contributed by atoms with E-state index < -0.39 is 11.8 Å². The molecule has 21 heavy (non-hydrogen) atoms. The molecule has 2 heterocycles. The molecule has 1 fully saturated rings. The summed E-state index contributed by atoms with van der Waals surface area (Å²) in [6, 6.07) is 8.76. The number of nitrogens with two attached hydrogens (primary N) is 1. The molecule has 1 aromatic heterocycles. The van der Waals surface area contributed by atoms with Crippen molar-refractivity contribution >= 4 is 23.3 Å². The Morgan fingerprint density at radius 3 is 2.48 bits per heavy atom. The predicted octanol–water partition coefficient (Wildman–Crippen LogP) is 0.729. The Morgan fingerprint density at radius 1 is 1.14 bits per heavy atom. The van der Waals surface area contributed by atoms with Gasteiger partial charge in [-0.1, -0.05) is 5.16 Å². The van der Waals surface area contributed by atoms with Gasteiger partial charge in [-0.25, -0.2) is 0 Å². The fourth-order valence-electron chi connectivity index (χ4n) is 2.21. The number of hydrogen-bond donors (Lipinski definition) is 1. The van der Waals surface area contributed by atoms with Gasteiger partial charge >= 0.3 is 11.8 Å². The van der Waals surface area contributed by atoms with Gasteiger partial charge in [-0.2, -0.15) is 0 Å². The highest BCUT2D eigenvalue weighted by Crippen LogP contribution is 2.25. The number of carbonyl (C=O) groups is 2. The molecule has 0 atom stereocenters. The molecule has 0 radical (unpaired) electrons. The van der Waals surface area contributed by atoms with Crippen molar-refractivity contribution in [1.29, 1.82) is 0 Å². The average molecular weight is 286 g/mol. The van der Waals surface area contributed by atoms with Crippen LogP contribution in [0.2, 0.25) is 0 Å². The van der Waals surface area contributed by atoms with Crippen molar-refractivity contribution in [2.45, 2.75) is 0 Å². The van der Waals surface area contributed by atoms with E-state index in [1.807, 2.05) is 0 Å². The molecule has 1 aromatic carbocycles. The SMILES string of the molecule is CN1CCN(c2ccc(-c3cc(N)no3)cc2)C(=O)C1=O. The Hall–Kier alpha value is -2.83. The summed E-state index contributed by atoms with van der Waals surface area (Å²) in [5.41, 5.74) is 6.99. The van der Waals surface area contributed by atoms with Gasteiger partial charge in [0, 0.05) is 37.5 Å². The summed E-state index contributed by atoms with van der Waals surface area (Å²) < 4.78 is 5.07. The highest BCUT2D eigenvalue weighted by Gasteiger charge is 2.31. The zero-order valence-corrected chi connectivity index (χ0v) is 11.4. The molecule has 1 aliphatic heterocycles. The lowest BCUT2D eigenvalue weighted by atomic mass is 10.1. The lowest BCUT2D eigenvalue weighted by molar-refractivity contribution is -0.145. The Labute approximate surface area is 120 Å². The largest absolute Gasteiger partial charge is 0.381 e. The quantitative estimate of drug-likeness (QED) is 0.821. The van der Waals surface area contributed by atoms with E-state index in [1.165, 1.54) is 9.80 Å². The van der Waals surface area contributed by atoms with E-state index in [0.29, 0.717) is 30.4 Å². The van der Waals surface area contributed by atoms with Crippen LogP contribution in [0.4, 0.5) is 11.5 Å². The number of carbonyl (C=O) groups excluding carboxylic acids is 2. The van der Waals surface area contributed by atoms with Gasteiger partial charge in [0.2, 0.25) is 0 Å². The minimum Gasteiger partial charge on any atom is -0.381 e. The van der Waals surface area contributed by atoms with Crippen molar-refractivity contribution in [3.63, 3.8) is 0 Å². The number of nitrogen functional groups attached to an aromatic ring is 1. The number of amides is 2. The van der Waals surface area contributed by atoms with Crippen molar-refractivity contribution in [2.75, 3.05) is 30.8 Å². The van der Waals surface area contributed by atoms with Gasteiger partial charge in [-0.3, -0.25) is 9.59 Å². The molecule has 0 unspecified atom stereocenters. The normalized spacial score (nSPS) is 15.7. The molecule has 1 saturated heterocycles. The smallest absolute Gasteiger partial charge is 0.316 e. The molecule has 3 rings (SSSR count). The third kappa shape index (κ3) is 2.33. The van der Waals surface area contributed by atoms with Crippen LogP contribution in [-0.2, 0) is 9.59 Å². The van der Waals surface area contributed by atoms with E-state index in [1.54, 1.807) is 37.4 Å². The summed E-state index contributed by atoms with van der Waals surface area (Å²) in [5.74, 6) is -0.137. The number of hydrogen-bond acceptors (Lipinski definition) is 5. The van der Waals surface area contributed by atoms with E-state index in [0.717, 1.165) is 5.56 Å². The molecule has 7 heteroatoms. The number of aromatic nitrogens is 1. The van der Waals surface area contributed by atoms with Crippen LogP contribution in [0.5, 0.6) is 0 Å². The maximum Gasteiger partial charge on any atom is 0.316 e. The van der Waals surface area contributed by atoms with Gasteiger partial charge in [0.1, 0.15) is 0 Å². The standard InChI is InChI=1S/C14H14N4O3/c1-17-6-7-18(14(20)13(17)19)10-4-2-9(3-5-10)11-8-12(15)16-21-11/h2-5,8H,6-7H2,1H3,(H2,15,16). The first-order valence-corrected chi connectivity index (χ1v) is 6.46. The van der Waals surface area contributed by atoms with Gasteiger partial charge in [0.05, 0.1) is 0 Å². The number of nitrogens with zero attached hydrogens (tertiary/aromatic N) is 3. The summed E-state index contributed by atoms with van der Waals surface area (Å²) in [5, 5.41) is 3.62. The zero-order valence-electron chi connectivity index (χ0n) is 11.4. The minimum atomic E-state index is -0.514. The summed E-state index contributed by atoms with van der Waals surface area (Å²) in [6.45, 7) is 1.00. The lowest BCUT2D eigenvalue weighted by Crippen LogP contribution is -2.52. The van der Waals surface area contributed by atoms with Gasteiger partial charge in [-0.05, 0) is 24.3 Å². The molecule has 0 aliphatic carbocycles. The summed E-state index contributed by atoms with van der Waals surface area (Å²) in [7, 11) is 1.62. The summed E-state index contributed by atoms with van der Waals surface area (Å²) >= 11 is 0. The van der Waals surface area contributed by atoms with E-state index >= 15 is 0 Å². The molecular weight excluding hydrogens is 272 g/mol. The molecule has 2 amide bonds. The maximum absolute atomic E-state index is 12.0. The van der Waals surface area contributed by atoms with Crippen molar-refractivity contribution in [3.05, 3.63) is 30.3 Å². The lowest BCUT2D eigenvalue weighted by Gasteiger charge is -2.31. The Morgan fingerprint density at radius 2 is 1.86 bits per heavy atom. The first-order valence-electron chi connectivity index (χ1n) is 6.46. The number of benzene rings is 1. The van der Waals surface area contributed by atoms with Gasteiger partial charge in [-0.15, -0.1) is 0 Å². The number of rotatable bonds is 2. The molecule has 1 aliphatic rings. The number of likely N-dealkylation sites (N-methyl/N-ethyl adjacent to an activating group) is 1. The third-order valence-corrected chi connectivity index (χ3v) is 3.43. The summed E-state index contributed by atoms with van der Waals surface area (Å²) in [4.78, 5) is 26.6. The molecule has 0 saturated carbocycles. The van der Waals surface area contributed by atoms with E-state index in [-0.39, 0.29) is 0 Å². The number of anilines is 2. The first kappa shape index (κ1) is 13.2. The third-order valence-electron chi connectivity index (χ3n) is 3.43.